The van der Waals surface area contributed by atoms with Gasteiger partial charge < -0.3 is 10.2 Å². The van der Waals surface area contributed by atoms with Gasteiger partial charge in [-0.3, -0.25) is 13.9 Å². The Hall–Kier alpha value is -2.00. The number of carbonyl (C=O) groups is 2. The second-order valence-electron chi connectivity index (χ2n) is 8.40. The van der Waals surface area contributed by atoms with E-state index in [2.05, 4.69) is 5.32 Å². The third-order valence-corrected chi connectivity index (χ3v) is 7.69. The Morgan fingerprint density at radius 1 is 1.03 bits per heavy atom. The number of halogens is 3. The van der Waals surface area contributed by atoms with Crippen LogP contribution in [0.2, 0.25) is 15.1 Å². The minimum Gasteiger partial charge on any atom is -0.354 e. The number of sulfonamides is 1. The van der Waals surface area contributed by atoms with E-state index in [-0.39, 0.29) is 37.7 Å². The van der Waals surface area contributed by atoms with Gasteiger partial charge in [0.15, 0.2) is 0 Å². The lowest BCUT2D eigenvalue weighted by Gasteiger charge is -2.31. The summed E-state index contributed by atoms with van der Waals surface area (Å²) in [6.07, 6.45) is 2.60. The van der Waals surface area contributed by atoms with E-state index in [1.54, 1.807) is 42.5 Å². The number of carbonyl (C=O) groups excluding carboxylic acids is 2. The summed E-state index contributed by atoms with van der Waals surface area (Å²) in [7, 11) is -3.60. The monoisotopic (exact) mass is 575 g/mol. The van der Waals surface area contributed by atoms with Crippen LogP contribution in [0.4, 0.5) is 5.69 Å². The Kier molecular flexibility index (Phi) is 11.8. The largest absolute Gasteiger partial charge is 0.354 e. The Bertz CT molecular complexity index is 1160. The van der Waals surface area contributed by atoms with E-state index in [1.807, 2.05) is 13.8 Å². The Labute approximate surface area is 228 Å². The summed E-state index contributed by atoms with van der Waals surface area (Å²) in [6, 6.07) is 10.9. The van der Waals surface area contributed by atoms with Crippen LogP contribution in [0.1, 0.15) is 45.1 Å². The van der Waals surface area contributed by atoms with Crippen LogP contribution in [-0.2, 0) is 26.2 Å². The highest BCUT2D eigenvalue weighted by atomic mass is 35.5. The van der Waals surface area contributed by atoms with Crippen LogP contribution in [0.5, 0.6) is 0 Å². The molecule has 0 aliphatic carbocycles. The van der Waals surface area contributed by atoms with E-state index in [9.17, 15) is 18.0 Å². The molecule has 0 aliphatic rings. The van der Waals surface area contributed by atoms with Gasteiger partial charge in [-0.05, 0) is 55.2 Å². The van der Waals surface area contributed by atoms with Gasteiger partial charge >= 0.3 is 0 Å². The smallest absolute Gasteiger partial charge is 0.242 e. The molecular formula is C25H32Cl3N3O4S. The zero-order valence-electron chi connectivity index (χ0n) is 20.6. The number of amides is 2. The molecule has 2 amide bonds. The fourth-order valence-electron chi connectivity index (χ4n) is 3.76. The first-order valence-corrected chi connectivity index (χ1v) is 14.7. The fourth-order valence-corrected chi connectivity index (χ4v) is 5.22. The van der Waals surface area contributed by atoms with Crippen molar-refractivity contribution >= 4 is 62.3 Å². The molecule has 0 bridgehead atoms. The molecule has 0 saturated heterocycles. The van der Waals surface area contributed by atoms with Crippen LogP contribution in [0, 0.1) is 0 Å². The van der Waals surface area contributed by atoms with Crippen molar-refractivity contribution < 1.29 is 18.0 Å². The molecule has 2 aromatic carbocycles. The predicted octanol–water partition coefficient (Wildman–Crippen LogP) is 5.53. The van der Waals surface area contributed by atoms with Gasteiger partial charge in [-0.1, -0.05) is 60.8 Å². The molecule has 2 rings (SSSR count). The van der Waals surface area contributed by atoms with Gasteiger partial charge in [0, 0.05) is 31.1 Å². The van der Waals surface area contributed by atoms with Crippen LogP contribution >= 0.6 is 34.8 Å². The second kappa shape index (κ2) is 14.1. The molecule has 1 atom stereocenters. The van der Waals surface area contributed by atoms with Crippen LogP contribution in [0.25, 0.3) is 0 Å². The summed E-state index contributed by atoms with van der Waals surface area (Å²) >= 11 is 18.2. The van der Waals surface area contributed by atoms with Crippen LogP contribution in [-0.4, -0.2) is 50.5 Å². The lowest BCUT2D eigenvalue weighted by atomic mass is 10.1. The average Bonchev–Trinajstić information content (AvgIpc) is 2.81. The number of hydrogen-bond acceptors (Lipinski definition) is 4. The quantitative estimate of drug-likeness (QED) is 0.340. The highest BCUT2D eigenvalue weighted by molar-refractivity contribution is 7.92. The molecule has 11 heteroatoms. The van der Waals surface area contributed by atoms with Gasteiger partial charge in [0.1, 0.15) is 6.04 Å². The van der Waals surface area contributed by atoms with Crippen molar-refractivity contribution in [2.75, 3.05) is 23.7 Å². The van der Waals surface area contributed by atoms with Crippen molar-refractivity contribution in [3.63, 3.8) is 0 Å². The number of nitrogens with zero attached hydrogens (tertiary/aromatic N) is 2. The first-order valence-electron chi connectivity index (χ1n) is 11.7. The van der Waals surface area contributed by atoms with Crippen LogP contribution in [0.15, 0.2) is 42.5 Å². The van der Waals surface area contributed by atoms with E-state index in [4.69, 9.17) is 34.8 Å². The summed E-state index contributed by atoms with van der Waals surface area (Å²) in [5.74, 6) is -0.497. The molecule has 7 nitrogen and oxygen atoms in total. The van der Waals surface area contributed by atoms with Crippen molar-refractivity contribution in [2.24, 2.45) is 0 Å². The maximum Gasteiger partial charge on any atom is 0.242 e. The molecule has 36 heavy (non-hydrogen) atoms. The standard InChI is InChI=1S/C25H32Cl3N3O4S/c1-4-13-29-25(33)23(5-2)30(17-18-11-12-21(27)22(28)15-18)24(32)10-7-14-31(36(3,34)35)20-9-6-8-19(26)16-20/h6,8-9,11-12,15-16,23H,4-5,7,10,13-14,17H2,1-3H3,(H,29,33)/t23-/m0/s1. The molecule has 1 N–H and O–H groups in total. The highest BCUT2D eigenvalue weighted by Crippen LogP contribution is 2.25. The van der Waals surface area contributed by atoms with E-state index < -0.39 is 16.1 Å². The van der Waals surface area contributed by atoms with Gasteiger partial charge in [-0.25, -0.2) is 8.42 Å². The molecule has 0 fully saturated rings. The Morgan fingerprint density at radius 3 is 2.33 bits per heavy atom. The number of hydrogen-bond donors (Lipinski definition) is 1. The van der Waals surface area contributed by atoms with Gasteiger partial charge in [0.2, 0.25) is 21.8 Å². The average molecular weight is 577 g/mol. The SMILES string of the molecule is CCCNC(=O)[C@H](CC)N(Cc1ccc(Cl)c(Cl)c1)C(=O)CCCN(c1cccc(Cl)c1)S(C)(=O)=O. The summed E-state index contributed by atoms with van der Waals surface area (Å²) in [5.41, 5.74) is 1.16. The zero-order valence-corrected chi connectivity index (χ0v) is 23.7. The van der Waals surface area contributed by atoms with E-state index >= 15 is 0 Å². The third kappa shape index (κ3) is 8.83. The van der Waals surface area contributed by atoms with Crippen molar-refractivity contribution in [3.8, 4) is 0 Å². The molecular weight excluding hydrogens is 545 g/mol. The second-order valence-corrected chi connectivity index (χ2v) is 11.6. The Balaban J connectivity index is 2.23. The first-order chi connectivity index (χ1) is 17.0. The number of benzene rings is 2. The first kappa shape index (κ1) is 30.2. The van der Waals surface area contributed by atoms with Crippen molar-refractivity contribution in [1.82, 2.24) is 10.2 Å². The van der Waals surface area contributed by atoms with Gasteiger partial charge in [-0.15, -0.1) is 0 Å². The van der Waals surface area contributed by atoms with Crippen molar-refractivity contribution in [2.45, 2.75) is 52.1 Å². The molecule has 0 saturated carbocycles. The normalized spacial score (nSPS) is 12.2. The molecule has 198 valence electrons. The summed E-state index contributed by atoms with van der Waals surface area (Å²) in [5, 5.41) is 4.03. The minimum atomic E-state index is -3.60. The van der Waals surface area contributed by atoms with Crippen molar-refractivity contribution in [3.05, 3.63) is 63.1 Å². The topological polar surface area (TPSA) is 86.8 Å². The molecule has 0 spiro atoms. The lowest BCUT2D eigenvalue weighted by molar-refractivity contribution is -0.141. The number of anilines is 1. The summed E-state index contributed by atoms with van der Waals surface area (Å²) < 4.78 is 26.0. The van der Waals surface area contributed by atoms with Crippen molar-refractivity contribution in [1.29, 1.82) is 0 Å². The Morgan fingerprint density at radius 2 is 1.75 bits per heavy atom. The predicted molar refractivity (Wildman–Crippen MR) is 147 cm³/mol. The van der Waals surface area contributed by atoms with E-state index in [0.717, 1.165) is 18.2 Å². The van der Waals surface area contributed by atoms with Gasteiger partial charge in [0.05, 0.1) is 22.0 Å². The maximum absolute atomic E-state index is 13.4. The van der Waals surface area contributed by atoms with Crippen LogP contribution in [0.3, 0.4) is 0 Å². The lowest BCUT2D eigenvalue weighted by Crippen LogP contribution is -2.49. The number of nitrogens with one attached hydrogen (secondary N) is 1. The highest BCUT2D eigenvalue weighted by Gasteiger charge is 2.29. The van der Waals surface area contributed by atoms with Crippen LogP contribution < -0.4 is 9.62 Å². The molecule has 0 unspecified atom stereocenters. The molecule has 0 radical (unpaired) electrons. The molecule has 0 aromatic heterocycles. The fraction of sp³-hybridized carbons (Fsp3) is 0.440. The maximum atomic E-state index is 13.4. The third-order valence-electron chi connectivity index (χ3n) is 5.52. The van der Waals surface area contributed by atoms with E-state index in [1.165, 1.54) is 9.21 Å². The zero-order chi connectivity index (χ0) is 26.9. The molecule has 0 heterocycles. The molecule has 2 aromatic rings. The van der Waals surface area contributed by atoms with E-state index in [0.29, 0.717) is 33.7 Å². The van der Waals surface area contributed by atoms with Gasteiger partial charge in [-0.2, -0.15) is 0 Å². The molecule has 0 aliphatic heterocycles. The van der Waals surface area contributed by atoms with Gasteiger partial charge in [0.25, 0.3) is 0 Å². The number of rotatable bonds is 13. The summed E-state index contributed by atoms with van der Waals surface area (Å²) in [6.45, 7) is 4.55. The minimum absolute atomic E-state index is 0.0471. The summed E-state index contributed by atoms with van der Waals surface area (Å²) in [4.78, 5) is 27.8.